The second-order valence-electron chi connectivity index (χ2n) is 4.29. The molecule has 0 unspecified atom stereocenters. The molecule has 1 aromatic heterocycles. The Balaban J connectivity index is 1.90. The molecule has 1 heterocycles. The van der Waals surface area contributed by atoms with E-state index in [0.29, 0.717) is 27.1 Å². The smallest absolute Gasteiger partial charge is 0.214 e. The Kier molecular flexibility index (Phi) is 3.55. The lowest BCUT2D eigenvalue weighted by Gasteiger charge is -2.07. The van der Waals surface area contributed by atoms with E-state index in [1.54, 1.807) is 16.8 Å². The fraction of sp³-hybridized carbons (Fsp3) is 0.364. The zero-order chi connectivity index (χ0) is 13.4. The van der Waals surface area contributed by atoms with Gasteiger partial charge in [-0.2, -0.15) is 0 Å². The lowest BCUT2D eigenvalue weighted by atomic mass is 10.2. The van der Waals surface area contributed by atoms with Crippen molar-refractivity contribution in [1.82, 2.24) is 20.2 Å². The number of hydrogen-bond acceptors (Lipinski definition) is 5. The Morgan fingerprint density at radius 2 is 2.26 bits per heavy atom. The minimum absolute atomic E-state index is 0.294. The van der Waals surface area contributed by atoms with Gasteiger partial charge in [-0.15, -0.1) is 5.10 Å². The van der Waals surface area contributed by atoms with Crippen molar-refractivity contribution in [2.45, 2.75) is 35.5 Å². The van der Waals surface area contributed by atoms with Crippen LogP contribution in [0.5, 0.6) is 0 Å². The summed E-state index contributed by atoms with van der Waals surface area (Å²) in [5.41, 5.74) is 6.28. The number of nitrogens with two attached hydrogens (primary N) is 1. The quantitative estimate of drug-likeness (QED) is 0.923. The summed E-state index contributed by atoms with van der Waals surface area (Å²) in [5.74, 6) is -0.321. The van der Waals surface area contributed by atoms with Crippen LogP contribution in [-0.4, -0.2) is 20.2 Å². The summed E-state index contributed by atoms with van der Waals surface area (Å²) in [6, 6.07) is 3.88. The molecular weight excluding hydrogens is 333 g/mol. The van der Waals surface area contributed by atoms with Crippen LogP contribution in [0.25, 0.3) is 0 Å². The number of aromatic nitrogens is 4. The van der Waals surface area contributed by atoms with Crippen LogP contribution in [-0.2, 0) is 6.54 Å². The maximum absolute atomic E-state index is 14.2. The van der Waals surface area contributed by atoms with E-state index in [1.807, 2.05) is 0 Å². The van der Waals surface area contributed by atoms with E-state index in [9.17, 15) is 4.39 Å². The molecule has 0 atom stereocenters. The Bertz CT molecular complexity index is 613. The summed E-state index contributed by atoms with van der Waals surface area (Å²) in [6.07, 6.45) is 2.16. The Morgan fingerprint density at radius 3 is 2.95 bits per heavy atom. The maximum atomic E-state index is 14.2. The lowest BCUT2D eigenvalue weighted by molar-refractivity contribution is 0.563. The largest absolute Gasteiger partial charge is 0.326 e. The van der Waals surface area contributed by atoms with Crippen molar-refractivity contribution in [3.63, 3.8) is 0 Å². The van der Waals surface area contributed by atoms with E-state index >= 15 is 0 Å². The topological polar surface area (TPSA) is 69.6 Å². The van der Waals surface area contributed by atoms with Gasteiger partial charge < -0.3 is 5.73 Å². The van der Waals surface area contributed by atoms with Gasteiger partial charge in [0.2, 0.25) is 5.16 Å². The number of hydrogen-bond donors (Lipinski definition) is 1. The average Bonchev–Trinajstić information content (AvgIpc) is 3.16. The second kappa shape index (κ2) is 5.18. The monoisotopic (exact) mass is 343 g/mol. The van der Waals surface area contributed by atoms with Crippen LogP contribution < -0.4 is 5.73 Å². The van der Waals surface area contributed by atoms with Crippen molar-refractivity contribution in [2.24, 2.45) is 5.73 Å². The number of tetrazole rings is 1. The molecule has 5 nitrogen and oxygen atoms in total. The predicted molar refractivity (Wildman–Crippen MR) is 72.2 cm³/mol. The fourth-order valence-electron chi connectivity index (χ4n) is 1.71. The van der Waals surface area contributed by atoms with Crippen molar-refractivity contribution < 1.29 is 4.39 Å². The standard InChI is InChI=1S/C11H11BrFN5S/c12-9-6(5-14)1-4-8(10(9)13)19-11-15-16-17-18(11)7-2-3-7/h1,4,7H,2-3,5,14H2. The zero-order valence-electron chi connectivity index (χ0n) is 9.88. The normalized spacial score (nSPS) is 14.9. The van der Waals surface area contributed by atoms with Gasteiger partial charge >= 0.3 is 0 Å². The number of nitrogens with zero attached hydrogens (tertiary/aromatic N) is 4. The molecule has 100 valence electrons. The lowest BCUT2D eigenvalue weighted by Crippen LogP contribution is -2.01. The maximum Gasteiger partial charge on any atom is 0.214 e. The van der Waals surface area contributed by atoms with Gasteiger partial charge in [0.1, 0.15) is 0 Å². The Hall–Kier alpha value is -0.990. The van der Waals surface area contributed by atoms with E-state index < -0.39 is 0 Å². The molecule has 1 saturated carbocycles. The first-order valence-electron chi connectivity index (χ1n) is 5.83. The second-order valence-corrected chi connectivity index (χ2v) is 6.10. The first-order valence-corrected chi connectivity index (χ1v) is 7.44. The number of rotatable bonds is 4. The minimum atomic E-state index is -0.321. The molecule has 1 aliphatic rings. The molecule has 3 rings (SSSR count). The van der Waals surface area contributed by atoms with Crippen molar-refractivity contribution in [3.8, 4) is 0 Å². The van der Waals surface area contributed by atoms with Crippen molar-refractivity contribution in [3.05, 3.63) is 28.0 Å². The SMILES string of the molecule is NCc1ccc(Sc2nnnn2C2CC2)c(F)c1Br. The molecule has 1 fully saturated rings. The first kappa shape index (κ1) is 13.0. The van der Waals surface area contributed by atoms with E-state index in [4.69, 9.17) is 5.73 Å². The van der Waals surface area contributed by atoms with Gasteiger partial charge in [-0.3, -0.25) is 0 Å². The number of halogens is 2. The van der Waals surface area contributed by atoms with Crippen LogP contribution in [0.1, 0.15) is 24.4 Å². The average molecular weight is 344 g/mol. The van der Waals surface area contributed by atoms with E-state index in [2.05, 4.69) is 31.5 Å². The third-order valence-electron chi connectivity index (χ3n) is 2.90. The third-order valence-corrected chi connectivity index (χ3v) is 4.75. The summed E-state index contributed by atoms with van der Waals surface area (Å²) in [6.45, 7) is 0.294. The molecule has 0 bridgehead atoms. The minimum Gasteiger partial charge on any atom is -0.326 e. The van der Waals surface area contributed by atoms with Crippen LogP contribution in [0.15, 0.2) is 26.7 Å². The van der Waals surface area contributed by atoms with Crippen LogP contribution in [0, 0.1) is 5.82 Å². The van der Waals surface area contributed by atoms with Crippen molar-refractivity contribution >= 4 is 27.7 Å². The van der Waals surface area contributed by atoms with Gasteiger partial charge in [-0.05, 0) is 62.6 Å². The summed E-state index contributed by atoms with van der Waals surface area (Å²) in [7, 11) is 0. The highest BCUT2D eigenvalue weighted by Gasteiger charge is 2.28. The summed E-state index contributed by atoms with van der Waals surface area (Å²) < 4.78 is 16.4. The molecule has 19 heavy (non-hydrogen) atoms. The molecule has 2 N–H and O–H groups in total. The first-order chi connectivity index (χ1) is 9.20. The molecular formula is C11H11BrFN5S. The Morgan fingerprint density at radius 1 is 1.47 bits per heavy atom. The number of benzene rings is 1. The van der Waals surface area contributed by atoms with Crippen LogP contribution in [0.4, 0.5) is 4.39 Å². The molecule has 0 radical (unpaired) electrons. The fourth-order valence-corrected chi connectivity index (χ4v) is 3.23. The van der Waals surface area contributed by atoms with Gasteiger partial charge in [0, 0.05) is 6.54 Å². The Labute approximate surface area is 121 Å². The highest BCUT2D eigenvalue weighted by Crippen LogP contribution is 2.39. The summed E-state index contributed by atoms with van der Waals surface area (Å²) in [4.78, 5) is 0.487. The molecule has 0 aliphatic heterocycles. The molecule has 8 heteroatoms. The van der Waals surface area contributed by atoms with E-state index in [1.165, 1.54) is 11.8 Å². The van der Waals surface area contributed by atoms with Gasteiger partial charge in [0.15, 0.2) is 5.82 Å². The van der Waals surface area contributed by atoms with E-state index in [0.717, 1.165) is 18.4 Å². The third kappa shape index (κ3) is 2.52. The van der Waals surface area contributed by atoms with Crippen molar-refractivity contribution in [2.75, 3.05) is 0 Å². The van der Waals surface area contributed by atoms with Crippen LogP contribution in [0.2, 0.25) is 0 Å². The molecule has 2 aromatic rings. The highest BCUT2D eigenvalue weighted by atomic mass is 79.9. The van der Waals surface area contributed by atoms with Gasteiger partial charge in [0.25, 0.3) is 0 Å². The zero-order valence-corrected chi connectivity index (χ0v) is 12.3. The molecule has 0 saturated heterocycles. The van der Waals surface area contributed by atoms with Crippen molar-refractivity contribution in [1.29, 1.82) is 0 Å². The molecule has 0 amide bonds. The molecule has 0 spiro atoms. The predicted octanol–water partition coefficient (Wildman–Crippen LogP) is 2.52. The summed E-state index contributed by atoms with van der Waals surface area (Å²) in [5, 5.41) is 12.2. The van der Waals surface area contributed by atoms with Gasteiger partial charge in [-0.1, -0.05) is 6.07 Å². The highest BCUT2D eigenvalue weighted by molar-refractivity contribution is 9.10. The summed E-state index contributed by atoms with van der Waals surface area (Å²) >= 11 is 4.46. The van der Waals surface area contributed by atoms with Gasteiger partial charge in [0.05, 0.1) is 15.4 Å². The van der Waals surface area contributed by atoms with Gasteiger partial charge in [-0.25, -0.2) is 9.07 Å². The van der Waals surface area contributed by atoms with Crippen LogP contribution in [0.3, 0.4) is 0 Å². The van der Waals surface area contributed by atoms with Crippen LogP contribution >= 0.6 is 27.7 Å². The van der Waals surface area contributed by atoms with E-state index in [-0.39, 0.29) is 5.82 Å². The molecule has 1 aliphatic carbocycles. The molecule has 1 aromatic carbocycles.